The zero-order chi connectivity index (χ0) is 31.8. The first-order chi connectivity index (χ1) is 22.3. The van der Waals surface area contributed by atoms with Gasteiger partial charge in [-0.2, -0.15) is 0 Å². The number of halogens is 3. The molecule has 7 heteroatoms. The van der Waals surface area contributed by atoms with Gasteiger partial charge in [0.25, 0.3) is 0 Å². The molecular formula is C39H24Cl3NO3. The van der Waals surface area contributed by atoms with E-state index in [9.17, 15) is 9.59 Å². The number of ketones is 1. The van der Waals surface area contributed by atoms with E-state index in [-0.39, 0.29) is 5.78 Å². The number of hydrogen-bond acceptors (Lipinski definition) is 3. The minimum atomic E-state index is -1.53. The van der Waals surface area contributed by atoms with Crippen molar-refractivity contribution in [1.82, 2.24) is 0 Å². The Hall–Kier alpha value is -4.48. The predicted octanol–water partition coefficient (Wildman–Crippen LogP) is 8.84. The zero-order valence-corrected chi connectivity index (χ0v) is 26.4. The zero-order valence-electron chi connectivity index (χ0n) is 24.2. The van der Waals surface area contributed by atoms with Crippen molar-refractivity contribution in [3.8, 4) is 0 Å². The molecule has 1 aliphatic heterocycles. The first-order valence-corrected chi connectivity index (χ1v) is 16.0. The average molecular weight is 661 g/mol. The van der Waals surface area contributed by atoms with E-state index >= 15 is 4.79 Å². The summed E-state index contributed by atoms with van der Waals surface area (Å²) in [5.41, 5.74) is 1.51. The van der Waals surface area contributed by atoms with E-state index in [0.29, 0.717) is 43.0 Å². The molecule has 4 nitrogen and oxygen atoms in total. The van der Waals surface area contributed by atoms with Crippen LogP contribution in [0.5, 0.6) is 0 Å². The molecule has 4 atom stereocenters. The Bertz CT molecular complexity index is 1970. The van der Waals surface area contributed by atoms with Crippen LogP contribution in [0.15, 0.2) is 133 Å². The van der Waals surface area contributed by atoms with Crippen LogP contribution in [-0.4, -0.2) is 17.6 Å². The van der Waals surface area contributed by atoms with Crippen molar-refractivity contribution in [3.63, 3.8) is 0 Å². The lowest BCUT2D eigenvalue weighted by atomic mass is 9.59. The van der Waals surface area contributed by atoms with Crippen molar-refractivity contribution in [2.45, 2.75) is 10.8 Å². The number of carbonyl (C=O) groups is 3. The maximum Gasteiger partial charge on any atom is 0.239 e. The Morgan fingerprint density at radius 1 is 0.478 bits per heavy atom. The van der Waals surface area contributed by atoms with Gasteiger partial charge in [0, 0.05) is 15.1 Å². The number of amides is 2. The number of allylic oxidation sites excluding steroid dienone is 2. The fourth-order valence-electron chi connectivity index (χ4n) is 8.23. The van der Waals surface area contributed by atoms with Crippen LogP contribution in [0.3, 0.4) is 0 Å². The summed E-state index contributed by atoms with van der Waals surface area (Å²) >= 11 is 19.2. The first-order valence-electron chi connectivity index (χ1n) is 14.9. The normalized spacial score (nSPS) is 25.0. The van der Waals surface area contributed by atoms with Gasteiger partial charge in [0.15, 0.2) is 5.78 Å². The number of Topliss-reactive ketones (excluding diaryl/α,β-unsaturated/α-hetero) is 1. The number of rotatable bonds is 5. The van der Waals surface area contributed by atoms with Crippen molar-refractivity contribution in [2.75, 3.05) is 4.90 Å². The topological polar surface area (TPSA) is 54.5 Å². The molecule has 3 aliphatic rings. The summed E-state index contributed by atoms with van der Waals surface area (Å²) in [5, 5.41) is 1.38. The Kier molecular flexibility index (Phi) is 6.63. The van der Waals surface area contributed by atoms with Gasteiger partial charge in [0.2, 0.25) is 11.8 Å². The molecule has 1 heterocycles. The highest BCUT2D eigenvalue weighted by atomic mass is 35.5. The summed E-state index contributed by atoms with van der Waals surface area (Å²) in [4.78, 5) is 47.1. The van der Waals surface area contributed by atoms with Crippen LogP contribution in [-0.2, 0) is 25.2 Å². The summed E-state index contributed by atoms with van der Waals surface area (Å²) in [6, 6.07) is 40.2. The maximum atomic E-state index is 15.9. The molecule has 5 aromatic rings. The highest BCUT2D eigenvalue weighted by Gasteiger charge is 2.82. The van der Waals surface area contributed by atoms with Gasteiger partial charge in [-0.05, 0) is 75.9 Å². The number of benzene rings is 5. The van der Waals surface area contributed by atoms with Gasteiger partial charge in [-0.15, -0.1) is 0 Å². The monoisotopic (exact) mass is 659 g/mol. The molecule has 46 heavy (non-hydrogen) atoms. The van der Waals surface area contributed by atoms with Gasteiger partial charge in [-0.1, -0.05) is 126 Å². The lowest BCUT2D eigenvalue weighted by Crippen LogP contribution is -2.45. The van der Waals surface area contributed by atoms with Crippen molar-refractivity contribution < 1.29 is 14.4 Å². The highest BCUT2D eigenvalue weighted by Crippen LogP contribution is 2.74. The van der Waals surface area contributed by atoms with Gasteiger partial charge in [-0.3, -0.25) is 14.4 Å². The number of anilines is 1. The minimum Gasteiger partial charge on any atom is -0.297 e. The smallest absolute Gasteiger partial charge is 0.239 e. The molecule has 1 saturated heterocycles. The Morgan fingerprint density at radius 3 is 1.33 bits per heavy atom. The molecule has 0 spiro atoms. The molecule has 224 valence electrons. The van der Waals surface area contributed by atoms with Crippen LogP contribution in [0, 0.1) is 11.8 Å². The van der Waals surface area contributed by atoms with Crippen LogP contribution in [0.1, 0.15) is 22.3 Å². The molecule has 1 saturated carbocycles. The van der Waals surface area contributed by atoms with Crippen molar-refractivity contribution >= 4 is 69.2 Å². The lowest BCUT2D eigenvalue weighted by Gasteiger charge is -2.39. The molecule has 2 amide bonds. The van der Waals surface area contributed by atoms with Crippen LogP contribution >= 0.6 is 34.8 Å². The van der Waals surface area contributed by atoms with Gasteiger partial charge in [-0.25, -0.2) is 4.90 Å². The fourth-order valence-corrected chi connectivity index (χ4v) is 8.66. The summed E-state index contributed by atoms with van der Waals surface area (Å²) in [7, 11) is 0. The summed E-state index contributed by atoms with van der Waals surface area (Å²) < 4.78 is 0. The Morgan fingerprint density at radius 2 is 0.913 bits per heavy atom. The highest BCUT2D eigenvalue weighted by molar-refractivity contribution is 6.39. The molecule has 0 N–H and O–H groups in total. The first kappa shape index (κ1) is 29.0. The largest absolute Gasteiger partial charge is 0.297 e. The van der Waals surface area contributed by atoms with E-state index in [1.807, 2.05) is 84.9 Å². The van der Waals surface area contributed by atoms with Crippen molar-refractivity contribution in [3.05, 3.63) is 171 Å². The van der Waals surface area contributed by atoms with E-state index in [1.54, 1.807) is 48.5 Å². The number of carbonyl (C=O) groups excluding carboxylic acids is 3. The Balaban J connectivity index is 1.56. The molecule has 2 fully saturated rings. The van der Waals surface area contributed by atoms with Crippen molar-refractivity contribution in [2.24, 2.45) is 11.8 Å². The number of imide groups is 1. The van der Waals surface area contributed by atoms with Gasteiger partial charge in [0.05, 0.1) is 28.4 Å². The Labute approximate surface area is 280 Å². The van der Waals surface area contributed by atoms with E-state index < -0.39 is 34.5 Å². The molecule has 0 aromatic heterocycles. The second-order valence-corrected chi connectivity index (χ2v) is 13.2. The summed E-state index contributed by atoms with van der Waals surface area (Å²) in [6.07, 6.45) is 0. The van der Waals surface area contributed by atoms with Crippen LogP contribution in [0.2, 0.25) is 15.1 Å². The number of nitrogens with zero attached hydrogens (tertiary/aromatic N) is 1. The summed E-state index contributed by atoms with van der Waals surface area (Å²) in [6.45, 7) is 0. The predicted molar refractivity (Wildman–Crippen MR) is 182 cm³/mol. The van der Waals surface area contributed by atoms with Crippen LogP contribution in [0.25, 0.3) is 11.1 Å². The quantitative estimate of drug-likeness (QED) is 0.177. The average Bonchev–Trinajstić information content (AvgIpc) is 3.58. The van der Waals surface area contributed by atoms with Gasteiger partial charge in [0.1, 0.15) is 0 Å². The minimum absolute atomic E-state index is 0.218. The van der Waals surface area contributed by atoms with Gasteiger partial charge >= 0.3 is 0 Å². The molecular weight excluding hydrogens is 637 g/mol. The second-order valence-electron chi connectivity index (χ2n) is 11.9. The standard InChI is InChI=1S/C39H24Cl3NO3/c40-27-18-14-25(15-19-27)38-31(23-8-3-1-4-9-23)32(24-10-5-2-6-11-24)39(37(38)46,26-16-20-28(41)21-17-26)34-33(38)35(44)43(36(34)45)30-13-7-12-29(42)22-30/h1-22,33-34H/t33-,34-,38-,39-/m0/s1. The van der Waals surface area contributed by atoms with Crippen molar-refractivity contribution in [1.29, 1.82) is 0 Å². The second kappa shape index (κ2) is 10.5. The molecule has 8 rings (SSSR count). The third-order valence-corrected chi connectivity index (χ3v) is 10.5. The van der Waals surface area contributed by atoms with E-state index in [4.69, 9.17) is 34.8 Å². The molecule has 0 unspecified atom stereocenters. The van der Waals surface area contributed by atoms with E-state index in [0.717, 1.165) is 11.1 Å². The molecule has 2 bridgehead atoms. The fraction of sp³-hybridized carbons (Fsp3) is 0.103. The summed E-state index contributed by atoms with van der Waals surface area (Å²) in [5.74, 6) is -3.21. The maximum absolute atomic E-state index is 15.9. The van der Waals surface area contributed by atoms with Crippen LogP contribution < -0.4 is 4.90 Å². The van der Waals surface area contributed by atoms with Gasteiger partial charge < -0.3 is 0 Å². The number of hydrogen-bond donors (Lipinski definition) is 0. The number of fused-ring (bicyclic) bond motifs is 5. The van der Waals surface area contributed by atoms with E-state index in [1.165, 1.54) is 4.90 Å². The molecule has 5 aromatic carbocycles. The van der Waals surface area contributed by atoms with Crippen LogP contribution in [0.4, 0.5) is 5.69 Å². The lowest BCUT2D eigenvalue weighted by molar-refractivity contribution is -0.130. The SMILES string of the molecule is O=C1[C@@H]2[C@@H](C(=O)N1c1cccc(Cl)c1)[C@@]1(c3ccc(Cl)cc3)C(=O)[C@@]2(c2ccc(Cl)cc2)C(c2ccccc2)=C1c1ccccc1. The molecule has 2 aliphatic carbocycles. The molecule has 0 radical (unpaired) electrons. The third kappa shape index (κ3) is 3.72. The third-order valence-electron chi connectivity index (χ3n) is 9.78. The van der Waals surface area contributed by atoms with E-state index in [2.05, 4.69) is 0 Å².